The maximum Gasteiger partial charge on any atom is 0.251 e. The summed E-state index contributed by atoms with van der Waals surface area (Å²) >= 11 is 0. The molecule has 2 fully saturated rings. The summed E-state index contributed by atoms with van der Waals surface area (Å²) in [5.41, 5.74) is 1.28. The number of morpholine rings is 1. The Labute approximate surface area is 145 Å². The fourth-order valence-electron chi connectivity index (χ4n) is 3.98. The molecule has 24 heavy (non-hydrogen) atoms. The van der Waals surface area contributed by atoms with Crippen molar-refractivity contribution in [2.24, 2.45) is 0 Å². The van der Waals surface area contributed by atoms with Gasteiger partial charge in [-0.05, 0) is 31.2 Å². The minimum atomic E-state index is -0.232. The van der Waals surface area contributed by atoms with Crippen molar-refractivity contribution in [2.75, 3.05) is 33.2 Å². The van der Waals surface area contributed by atoms with Crippen molar-refractivity contribution in [1.82, 2.24) is 9.80 Å². The number of benzene rings is 1. The van der Waals surface area contributed by atoms with E-state index in [1.54, 1.807) is 0 Å². The first kappa shape index (κ1) is 17.4. The van der Waals surface area contributed by atoms with Crippen LogP contribution in [0.4, 0.5) is 0 Å². The van der Waals surface area contributed by atoms with E-state index in [0.29, 0.717) is 0 Å². The molecule has 0 aromatic heterocycles. The van der Waals surface area contributed by atoms with Gasteiger partial charge in [0.25, 0.3) is 5.91 Å². The Morgan fingerprint density at radius 2 is 1.92 bits per heavy atom. The molecule has 0 bridgehead atoms. The van der Waals surface area contributed by atoms with E-state index in [2.05, 4.69) is 42.2 Å². The molecule has 1 atom stereocenters. The van der Waals surface area contributed by atoms with Crippen LogP contribution in [0.1, 0.15) is 38.2 Å². The van der Waals surface area contributed by atoms with Crippen molar-refractivity contribution >= 4 is 5.91 Å². The van der Waals surface area contributed by atoms with Crippen LogP contribution in [0.15, 0.2) is 30.3 Å². The number of nitrogens with zero attached hydrogens (tertiary/aromatic N) is 2. The lowest BCUT2D eigenvalue weighted by Gasteiger charge is -2.48. The molecule has 4 heteroatoms. The predicted molar refractivity (Wildman–Crippen MR) is 96.0 cm³/mol. The lowest BCUT2D eigenvalue weighted by Crippen LogP contribution is -2.61. The van der Waals surface area contributed by atoms with Crippen molar-refractivity contribution < 1.29 is 9.53 Å². The monoisotopic (exact) mass is 330 g/mol. The largest absolute Gasteiger partial charge is 0.360 e. The first-order chi connectivity index (χ1) is 11.6. The molecule has 1 spiro atoms. The highest BCUT2D eigenvalue weighted by molar-refractivity contribution is 5.81. The Balaban J connectivity index is 1.53. The maximum atomic E-state index is 12.3. The molecule has 0 aliphatic carbocycles. The van der Waals surface area contributed by atoms with Gasteiger partial charge >= 0.3 is 0 Å². The highest BCUT2D eigenvalue weighted by Gasteiger charge is 2.45. The zero-order chi connectivity index (χ0) is 17.0. The Morgan fingerprint density at radius 1 is 1.21 bits per heavy atom. The smallest absolute Gasteiger partial charge is 0.251 e. The average Bonchev–Trinajstić information content (AvgIpc) is 2.60. The van der Waals surface area contributed by atoms with E-state index >= 15 is 0 Å². The predicted octanol–water partition coefficient (Wildman–Crippen LogP) is 2.72. The van der Waals surface area contributed by atoms with Gasteiger partial charge in [-0.2, -0.15) is 0 Å². The van der Waals surface area contributed by atoms with Gasteiger partial charge < -0.3 is 14.5 Å². The van der Waals surface area contributed by atoms with Crippen molar-refractivity contribution in [2.45, 2.75) is 50.7 Å². The summed E-state index contributed by atoms with van der Waals surface area (Å²) in [5, 5.41) is 0. The summed E-state index contributed by atoms with van der Waals surface area (Å²) in [6.45, 7) is 6.09. The molecule has 2 aliphatic rings. The molecule has 0 saturated carbocycles. The lowest BCUT2D eigenvalue weighted by molar-refractivity contribution is -0.191. The van der Waals surface area contributed by atoms with Crippen LogP contribution in [0, 0.1) is 0 Å². The molecule has 4 nitrogen and oxygen atoms in total. The highest BCUT2D eigenvalue weighted by atomic mass is 16.5. The van der Waals surface area contributed by atoms with Crippen LogP contribution in [0.25, 0.3) is 0 Å². The molecule has 2 heterocycles. The molecule has 3 rings (SSSR count). The molecule has 0 radical (unpaired) electrons. The summed E-state index contributed by atoms with van der Waals surface area (Å²) in [6.07, 6.45) is 4.75. The first-order valence-electron chi connectivity index (χ1n) is 9.31. The number of ether oxygens (including phenoxy) is 1. The van der Waals surface area contributed by atoms with Gasteiger partial charge in [0.05, 0.1) is 5.60 Å². The fourth-order valence-corrected chi connectivity index (χ4v) is 3.98. The number of rotatable bonds is 5. The van der Waals surface area contributed by atoms with Gasteiger partial charge in [0, 0.05) is 33.2 Å². The summed E-state index contributed by atoms with van der Waals surface area (Å²) in [5.74, 6) is 0.161. The minimum absolute atomic E-state index is 0.119. The summed E-state index contributed by atoms with van der Waals surface area (Å²) in [4.78, 5) is 16.7. The van der Waals surface area contributed by atoms with Crippen LogP contribution in [-0.2, 0) is 16.0 Å². The zero-order valence-electron chi connectivity index (χ0n) is 15.0. The van der Waals surface area contributed by atoms with Crippen molar-refractivity contribution in [3.05, 3.63) is 35.9 Å². The van der Waals surface area contributed by atoms with Crippen LogP contribution >= 0.6 is 0 Å². The van der Waals surface area contributed by atoms with E-state index in [1.807, 2.05) is 11.9 Å². The Kier molecular flexibility index (Phi) is 5.57. The van der Waals surface area contributed by atoms with E-state index in [0.717, 1.165) is 58.3 Å². The molecule has 2 aliphatic heterocycles. The first-order valence-corrected chi connectivity index (χ1v) is 9.31. The summed E-state index contributed by atoms with van der Waals surface area (Å²) in [7, 11) is 1.93. The van der Waals surface area contributed by atoms with E-state index in [-0.39, 0.29) is 17.6 Å². The highest BCUT2D eigenvalue weighted by Crippen LogP contribution is 2.33. The molecular weight excluding hydrogens is 300 g/mol. The molecule has 132 valence electrons. The molecule has 1 amide bonds. The third-order valence-electron chi connectivity index (χ3n) is 5.45. The molecule has 2 saturated heterocycles. The second-order valence-corrected chi connectivity index (χ2v) is 7.35. The van der Waals surface area contributed by atoms with Gasteiger partial charge in [-0.1, -0.05) is 43.7 Å². The van der Waals surface area contributed by atoms with E-state index in [4.69, 9.17) is 4.74 Å². The van der Waals surface area contributed by atoms with Crippen LogP contribution in [0.2, 0.25) is 0 Å². The minimum Gasteiger partial charge on any atom is -0.360 e. The van der Waals surface area contributed by atoms with Gasteiger partial charge in [0.1, 0.15) is 6.10 Å². The lowest BCUT2D eigenvalue weighted by atomic mass is 9.88. The zero-order valence-corrected chi connectivity index (χ0v) is 15.0. The summed E-state index contributed by atoms with van der Waals surface area (Å²) in [6, 6.07) is 10.7. The molecular formula is C20H30N2O2. The number of likely N-dealkylation sites (N-methyl/N-ethyl adjacent to an activating group) is 1. The topological polar surface area (TPSA) is 32.8 Å². The average molecular weight is 330 g/mol. The van der Waals surface area contributed by atoms with E-state index in [1.165, 1.54) is 5.56 Å². The Bertz CT molecular complexity index is 538. The quantitative estimate of drug-likeness (QED) is 0.832. The Morgan fingerprint density at radius 3 is 2.58 bits per heavy atom. The maximum absolute atomic E-state index is 12.3. The fraction of sp³-hybridized carbons (Fsp3) is 0.650. The van der Waals surface area contributed by atoms with Gasteiger partial charge in [-0.3, -0.25) is 4.79 Å². The van der Waals surface area contributed by atoms with Crippen molar-refractivity contribution in [3.63, 3.8) is 0 Å². The SMILES string of the molecule is CCCC1OC2(CCN(CCc3ccccc3)CC2)CN(C)C1=O. The number of carbonyl (C=O) groups is 1. The van der Waals surface area contributed by atoms with Crippen molar-refractivity contribution in [1.29, 1.82) is 0 Å². The second kappa shape index (κ2) is 7.66. The van der Waals surface area contributed by atoms with E-state index in [9.17, 15) is 4.79 Å². The van der Waals surface area contributed by atoms with Gasteiger partial charge in [-0.25, -0.2) is 0 Å². The van der Waals surface area contributed by atoms with Crippen LogP contribution in [0.3, 0.4) is 0 Å². The normalized spacial score (nSPS) is 24.5. The molecule has 1 aromatic rings. The van der Waals surface area contributed by atoms with Gasteiger partial charge in [0.15, 0.2) is 0 Å². The number of amides is 1. The number of hydrogen-bond acceptors (Lipinski definition) is 3. The third kappa shape index (κ3) is 3.98. The van der Waals surface area contributed by atoms with Crippen LogP contribution < -0.4 is 0 Å². The number of hydrogen-bond donors (Lipinski definition) is 0. The molecule has 1 aromatic carbocycles. The van der Waals surface area contributed by atoms with Crippen LogP contribution in [-0.4, -0.2) is 60.6 Å². The van der Waals surface area contributed by atoms with E-state index < -0.39 is 0 Å². The molecule has 1 unspecified atom stereocenters. The summed E-state index contributed by atoms with van der Waals surface area (Å²) < 4.78 is 6.33. The van der Waals surface area contributed by atoms with Gasteiger partial charge in [0.2, 0.25) is 0 Å². The molecule has 0 N–H and O–H groups in total. The van der Waals surface area contributed by atoms with Gasteiger partial charge in [-0.15, -0.1) is 0 Å². The number of piperidine rings is 1. The second-order valence-electron chi connectivity index (χ2n) is 7.35. The Hall–Kier alpha value is -1.39. The number of carbonyl (C=O) groups excluding carboxylic acids is 1. The van der Waals surface area contributed by atoms with Crippen molar-refractivity contribution in [3.8, 4) is 0 Å². The standard InChI is InChI=1S/C20H30N2O2/c1-3-7-18-19(23)21(2)16-20(24-18)11-14-22(15-12-20)13-10-17-8-5-4-6-9-17/h4-6,8-9,18H,3,7,10-16H2,1-2H3. The number of likely N-dealkylation sites (tertiary alicyclic amines) is 1. The third-order valence-corrected chi connectivity index (χ3v) is 5.45. The van der Waals surface area contributed by atoms with Crippen LogP contribution in [0.5, 0.6) is 0 Å².